The molecule has 1 rings (SSSR count). The molecule has 3 atom stereocenters. The van der Waals surface area contributed by atoms with Crippen LogP contribution in [-0.2, 0) is 10.1 Å². The van der Waals surface area contributed by atoms with Crippen molar-refractivity contribution in [3.63, 3.8) is 0 Å². The summed E-state index contributed by atoms with van der Waals surface area (Å²) in [6.45, 7) is 0. The van der Waals surface area contributed by atoms with Crippen LogP contribution in [0.15, 0.2) is 0 Å². The van der Waals surface area contributed by atoms with Gasteiger partial charge in [-0.3, -0.25) is 4.55 Å². The SMILES string of the molecule is O=S(=O)(O)CCC1CCCC(O)C1O.[H-].[Na+]. The third-order valence-electron chi connectivity index (χ3n) is 2.70. The first-order chi connectivity index (χ1) is 6.40. The molecular weight excluding hydrogens is 231 g/mol. The molecule has 0 aromatic rings. The zero-order chi connectivity index (χ0) is 10.8. The van der Waals surface area contributed by atoms with Crippen molar-refractivity contribution in [1.29, 1.82) is 0 Å². The Kier molecular flexibility index (Phi) is 6.90. The second-order valence-electron chi connectivity index (χ2n) is 3.82. The summed E-state index contributed by atoms with van der Waals surface area (Å²) in [5.74, 6) is -0.567. The van der Waals surface area contributed by atoms with E-state index in [1.807, 2.05) is 0 Å². The molecule has 0 bridgehead atoms. The van der Waals surface area contributed by atoms with Gasteiger partial charge in [-0.25, -0.2) is 0 Å². The van der Waals surface area contributed by atoms with Gasteiger partial charge in [-0.15, -0.1) is 0 Å². The topological polar surface area (TPSA) is 94.8 Å². The van der Waals surface area contributed by atoms with Crippen LogP contribution in [0.25, 0.3) is 0 Å². The largest absolute Gasteiger partial charge is 1.00 e. The quantitative estimate of drug-likeness (QED) is 0.363. The van der Waals surface area contributed by atoms with Crippen molar-refractivity contribution in [2.75, 3.05) is 5.75 Å². The summed E-state index contributed by atoms with van der Waals surface area (Å²) in [7, 11) is -3.96. The first-order valence-corrected chi connectivity index (χ1v) is 6.32. The molecule has 1 aliphatic carbocycles. The maximum Gasteiger partial charge on any atom is 1.00 e. The van der Waals surface area contributed by atoms with Crippen LogP contribution < -0.4 is 29.6 Å². The summed E-state index contributed by atoms with van der Waals surface area (Å²) in [6, 6.07) is 0. The fourth-order valence-corrected chi connectivity index (χ4v) is 2.46. The number of hydrogen-bond donors (Lipinski definition) is 3. The Hall–Kier alpha value is 0.830. The Labute approximate surface area is 113 Å². The average Bonchev–Trinajstić information content (AvgIpc) is 2.06. The van der Waals surface area contributed by atoms with Gasteiger partial charge in [0.15, 0.2) is 0 Å². The molecule has 3 N–H and O–H groups in total. The van der Waals surface area contributed by atoms with E-state index >= 15 is 0 Å². The van der Waals surface area contributed by atoms with E-state index in [9.17, 15) is 18.6 Å². The van der Waals surface area contributed by atoms with Gasteiger partial charge in [-0.05, 0) is 25.2 Å². The minimum Gasteiger partial charge on any atom is -1.00 e. The predicted molar refractivity (Wildman–Crippen MR) is 51.5 cm³/mol. The average molecular weight is 248 g/mol. The molecule has 1 fully saturated rings. The molecule has 0 saturated heterocycles. The molecule has 0 spiro atoms. The van der Waals surface area contributed by atoms with Crippen molar-refractivity contribution >= 4 is 10.1 Å². The number of rotatable bonds is 3. The van der Waals surface area contributed by atoms with Gasteiger partial charge in [0.25, 0.3) is 10.1 Å². The maximum absolute atomic E-state index is 10.5. The molecule has 0 aromatic carbocycles. The van der Waals surface area contributed by atoms with Crippen LogP contribution in [0.5, 0.6) is 0 Å². The van der Waals surface area contributed by atoms with Gasteiger partial charge in [0, 0.05) is 0 Å². The Morgan fingerprint density at radius 1 is 1.27 bits per heavy atom. The Morgan fingerprint density at radius 3 is 2.40 bits per heavy atom. The molecule has 0 aliphatic heterocycles. The van der Waals surface area contributed by atoms with E-state index in [1.54, 1.807) is 0 Å². The fourth-order valence-electron chi connectivity index (χ4n) is 1.86. The molecule has 1 aliphatic rings. The predicted octanol–water partition coefficient (Wildman–Crippen LogP) is -3.10. The van der Waals surface area contributed by atoms with Gasteiger partial charge in [0.1, 0.15) is 0 Å². The van der Waals surface area contributed by atoms with E-state index in [0.717, 1.165) is 6.42 Å². The van der Waals surface area contributed by atoms with E-state index in [-0.39, 0.29) is 49.1 Å². The van der Waals surface area contributed by atoms with Gasteiger partial charge < -0.3 is 11.6 Å². The standard InChI is InChI=1S/C8H16O5S.Na.H/c9-7-3-1-2-6(8(7)10)4-5-14(11,12)13;;/h6-10H,1-5H2,(H,11,12,13);;/q;+1;-1. The van der Waals surface area contributed by atoms with Crippen molar-refractivity contribution in [3.05, 3.63) is 0 Å². The Balaban J connectivity index is 0. The first kappa shape index (κ1) is 15.8. The summed E-state index contributed by atoms with van der Waals surface area (Å²) in [5, 5.41) is 18.8. The molecule has 86 valence electrons. The summed E-state index contributed by atoms with van der Waals surface area (Å²) >= 11 is 0. The molecule has 5 nitrogen and oxygen atoms in total. The summed E-state index contributed by atoms with van der Waals surface area (Å²) in [5.41, 5.74) is 0. The third kappa shape index (κ3) is 5.63. The Morgan fingerprint density at radius 2 is 1.87 bits per heavy atom. The summed E-state index contributed by atoms with van der Waals surface area (Å²) in [6.07, 6.45) is 0.642. The Bertz CT molecular complexity index is 284. The summed E-state index contributed by atoms with van der Waals surface area (Å²) in [4.78, 5) is 0. The molecule has 0 amide bonds. The van der Waals surface area contributed by atoms with Crippen LogP contribution >= 0.6 is 0 Å². The van der Waals surface area contributed by atoms with Gasteiger partial charge in [-0.2, -0.15) is 8.42 Å². The smallest absolute Gasteiger partial charge is 1.00 e. The van der Waals surface area contributed by atoms with Crippen LogP contribution in [0.3, 0.4) is 0 Å². The van der Waals surface area contributed by atoms with Crippen molar-refractivity contribution in [2.24, 2.45) is 5.92 Å². The number of aliphatic hydroxyl groups is 2. The molecule has 0 radical (unpaired) electrons. The van der Waals surface area contributed by atoms with E-state index in [2.05, 4.69) is 0 Å². The van der Waals surface area contributed by atoms with Crippen LogP contribution in [-0.4, -0.2) is 41.1 Å². The van der Waals surface area contributed by atoms with Crippen molar-refractivity contribution in [3.8, 4) is 0 Å². The van der Waals surface area contributed by atoms with E-state index in [4.69, 9.17) is 4.55 Å². The second-order valence-corrected chi connectivity index (χ2v) is 5.40. The third-order valence-corrected chi connectivity index (χ3v) is 3.45. The molecule has 3 unspecified atom stereocenters. The second kappa shape index (κ2) is 6.54. The zero-order valence-electron chi connectivity index (χ0n) is 9.83. The molecule has 0 aromatic heterocycles. The molecule has 7 heteroatoms. The molecule has 15 heavy (non-hydrogen) atoms. The van der Waals surface area contributed by atoms with Gasteiger partial charge in [-0.1, -0.05) is 6.42 Å². The first-order valence-electron chi connectivity index (χ1n) is 4.71. The van der Waals surface area contributed by atoms with Gasteiger partial charge >= 0.3 is 29.6 Å². The van der Waals surface area contributed by atoms with Gasteiger partial charge in [0.05, 0.1) is 18.0 Å². The zero-order valence-corrected chi connectivity index (χ0v) is 11.7. The minimum atomic E-state index is -3.96. The molecular formula is C8H17NaO5S. The number of hydrogen-bond acceptors (Lipinski definition) is 4. The van der Waals surface area contributed by atoms with Crippen molar-refractivity contribution in [1.82, 2.24) is 0 Å². The van der Waals surface area contributed by atoms with Crippen LogP contribution in [0, 0.1) is 5.92 Å². The monoisotopic (exact) mass is 248 g/mol. The summed E-state index contributed by atoms with van der Waals surface area (Å²) < 4.78 is 29.5. The normalized spacial score (nSPS) is 32.1. The van der Waals surface area contributed by atoms with Gasteiger partial charge in [0.2, 0.25) is 0 Å². The van der Waals surface area contributed by atoms with Crippen LogP contribution in [0.1, 0.15) is 27.1 Å². The van der Waals surface area contributed by atoms with Crippen LogP contribution in [0.4, 0.5) is 0 Å². The maximum atomic E-state index is 10.5. The fraction of sp³-hybridized carbons (Fsp3) is 1.00. The van der Waals surface area contributed by atoms with Crippen molar-refractivity contribution < 1.29 is 54.2 Å². The van der Waals surface area contributed by atoms with E-state index in [1.165, 1.54) is 0 Å². The minimum absolute atomic E-state index is 0. The number of aliphatic hydroxyl groups excluding tert-OH is 2. The molecule has 1 saturated carbocycles. The van der Waals surface area contributed by atoms with E-state index < -0.39 is 22.3 Å². The van der Waals surface area contributed by atoms with Crippen LogP contribution in [0.2, 0.25) is 0 Å². The molecule has 0 heterocycles. The van der Waals surface area contributed by atoms with E-state index in [0.29, 0.717) is 12.8 Å². The van der Waals surface area contributed by atoms with Crippen molar-refractivity contribution in [2.45, 2.75) is 37.9 Å².